The van der Waals surface area contributed by atoms with Crippen LogP contribution in [0.5, 0.6) is 0 Å². The zero-order valence-electron chi connectivity index (χ0n) is 38.1. The second kappa shape index (κ2) is 47.0. The zero-order chi connectivity index (χ0) is 41.5. The predicted octanol–water partition coefficient (Wildman–Crippen LogP) is 14.7. The number of esters is 1. The van der Waals surface area contributed by atoms with Crippen molar-refractivity contribution in [3.8, 4) is 0 Å². The summed E-state index contributed by atoms with van der Waals surface area (Å²) in [7, 11) is 0. The van der Waals surface area contributed by atoms with Gasteiger partial charge in [0.1, 0.15) is 0 Å². The highest BCUT2D eigenvalue weighted by Gasteiger charge is 2.20. The summed E-state index contributed by atoms with van der Waals surface area (Å²) in [6.07, 6.45) is 54.2. The molecule has 0 spiro atoms. The van der Waals surface area contributed by atoms with Crippen LogP contribution in [0.4, 0.5) is 0 Å². The second-order valence-corrected chi connectivity index (χ2v) is 17.1. The smallest absolute Gasteiger partial charge is 0.305 e. The van der Waals surface area contributed by atoms with E-state index in [-0.39, 0.29) is 18.5 Å². The van der Waals surface area contributed by atoms with Crippen LogP contribution in [0.25, 0.3) is 0 Å². The molecule has 0 radical (unpaired) electrons. The number of carbonyl (C=O) groups excluding carboxylic acids is 2. The van der Waals surface area contributed by atoms with Crippen molar-refractivity contribution >= 4 is 11.9 Å². The highest BCUT2D eigenvalue weighted by molar-refractivity contribution is 5.76. The van der Waals surface area contributed by atoms with Gasteiger partial charge in [0.05, 0.1) is 25.4 Å². The van der Waals surface area contributed by atoms with Crippen LogP contribution in [0.3, 0.4) is 0 Å². The van der Waals surface area contributed by atoms with E-state index in [4.69, 9.17) is 4.74 Å². The first-order valence-electron chi connectivity index (χ1n) is 25.1. The quantitative estimate of drug-likeness (QED) is 0.0324. The lowest BCUT2D eigenvalue weighted by atomic mass is 10.0. The van der Waals surface area contributed by atoms with Crippen molar-refractivity contribution in [1.29, 1.82) is 0 Å². The van der Waals surface area contributed by atoms with Crippen LogP contribution >= 0.6 is 0 Å². The normalized spacial score (nSPS) is 12.8. The molecular formula is C51H97NO5. The number of aliphatic hydroxyl groups excluding tert-OH is 2. The molecule has 0 saturated carbocycles. The summed E-state index contributed by atoms with van der Waals surface area (Å²) >= 11 is 0. The molecule has 0 aliphatic carbocycles. The van der Waals surface area contributed by atoms with E-state index in [1.165, 1.54) is 167 Å². The van der Waals surface area contributed by atoms with E-state index < -0.39 is 12.1 Å². The highest BCUT2D eigenvalue weighted by atomic mass is 16.5. The third-order valence-electron chi connectivity index (χ3n) is 11.5. The van der Waals surface area contributed by atoms with Gasteiger partial charge in [0.2, 0.25) is 5.91 Å². The Morgan fingerprint density at radius 1 is 0.491 bits per heavy atom. The molecule has 0 saturated heterocycles. The molecule has 0 aromatic carbocycles. The van der Waals surface area contributed by atoms with E-state index >= 15 is 0 Å². The number of ether oxygens (including phenoxy) is 1. The fraction of sp³-hybridized carbons (Fsp3) is 0.882. The van der Waals surface area contributed by atoms with Gasteiger partial charge in [-0.1, -0.05) is 218 Å². The molecule has 6 heteroatoms. The molecule has 0 fully saturated rings. The molecule has 57 heavy (non-hydrogen) atoms. The topological polar surface area (TPSA) is 95.9 Å². The van der Waals surface area contributed by atoms with E-state index in [2.05, 4.69) is 43.5 Å². The number of nitrogens with one attached hydrogen (secondary N) is 1. The predicted molar refractivity (Wildman–Crippen MR) is 246 cm³/mol. The van der Waals surface area contributed by atoms with Crippen LogP contribution in [0, 0.1) is 0 Å². The Labute approximate surface area is 354 Å². The first-order valence-corrected chi connectivity index (χ1v) is 25.1. The van der Waals surface area contributed by atoms with Gasteiger partial charge < -0.3 is 20.3 Å². The lowest BCUT2D eigenvalue weighted by molar-refractivity contribution is -0.143. The summed E-state index contributed by atoms with van der Waals surface area (Å²) in [5.41, 5.74) is 0. The van der Waals surface area contributed by atoms with Gasteiger partial charge in [-0.15, -0.1) is 0 Å². The second-order valence-electron chi connectivity index (χ2n) is 17.1. The van der Waals surface area contributed by atoms with Gasteiger partial charge in [-0.05, 0) is 57.8 Å². The molecule has 0 heterocycles. The van der Waals surface area contributed by atoms with E-state index in [1.807, 2.05) is 0 Å². The molecule has 336 valence electrons. The SMILES string of the molecule is CCCCC/C=C\C/C=C\CCCCCCCCCC(=O)OCCCCCCCCCCCC(=O)NC(CO)C(O)CCCCCCCCCCCCCCCC. The van der Waals surface area contributed by atoms with Crippen LogP contribution in [0.1, 0.15) is 264 Å². The van der Waals surface area contributed by atoms with E-state index in [0.29, 0.717) is 25.9 Å². The molecule has 0 rings (SSSR count). The van der Waals surface area contributed by atoms with Crippen LogP contribution in [0.15, 0.2) is 24.3 Å². The first kappa shape index (κ1) is 55.3. The first-order chi connectivity index (χ1) is 28.0. The number of unbranched alkanes of at least 4 members (excludes halogenated alkanes) is 31. The van der Waals surface area contributed by atoms with Crippen molar-refractivity contribution in [1.82, 2.24) is 5.32 Å². The third-order valence-corrected chi connectivity index (χ3v) is 11.5. The summed E-state index contributed by atoms with van der Waals surface area (Å²) in [5, 5.41) is 23.2. The van der Waals surface area contributed by atoms with Crippen molar-refractivity contribution in [2.45, 2.75) is 276 Å². The Kier molecular flexibility index (Phi) is 45.7. The van der Waals surface area contributed by atoms with Crippen molar-refractivity contribution in [3.05, 3.63) is 24.3 Å². The van der Waals surface area contributed by atoms with Crippen LogP contribution in [-0.4, -0.2) is 47.4 Å². The van der Waals surface area contributed by atoms with Crippen molar-refractivity contribution in [2.75, 3.05) is 13.2 Å². The Balaban J connectivity index is 3.49. The van der Waals surface area contributed by atoms with Crippen molar-refractivity contribution < 1.29 is 24.5 Å². The fourth-order valence-electron chi connectivity index (χ4n) is 7.61. The lowest BCUT2D eigenvalue weighted by Gasteiger charge is -2.22. The summed E-state index contributed by atoms with van der Waals surface area (Å²) in [4.78, 5) is 24.5. The minimum atomic E-state index is -0.681. The van der Waals surface area contributed by atoms with Gasteiger partial charge in [-0.3, -0.25) is 9.59 Å². The maximum absolute atomic E-state index is 12.4. The average molecular weight is 804 g/mol. The van der Waals surface area contributed by atoms with Crippen LogP contribution < -0.4 is 5.32 Å². The molecule has 3 N–H and O–H groups in total. The number of amides is 1. The number of hydrogen-bond donors (Lipinski definition) is 3. The average Bonchev–Trinajstić information content (AvgIpc) is 3.21. The van der Waals surface area contributed by atoms with E-state index in [0.717, 1.165) is 64.2 Å². The minimum absolute atomic E-state index is 0.0328. The Hall–Kier alpha value is -1.66. The minimum Gasteiger partial charge on any atom is -0.466 e. The van der Waals surface area contributed by atoms with E-state index in [9.17, 15) is 19.8 Å². The van der Waals surface area contributed by atoms with Crippen LogP contribution in [0.2, 0.25) is 0 Å². The molecule has 6 nitrogen and oxygen atoms in total. The standard InChI is InChI=1S/C51H97NO5/c1-3-5-7-9-11-13-15-17-19-20-21-23-25-29-33-37-41-45-51(56)57-46-42-38-34-30-26-28-32-36-40-44-50(55)52-48(47-53)49(54)43-39-35-31-27-24-22-18-16-14-12-10-8-6-4-2/h11,13,17,19,48-49,53-54H,3-10,12,14-16,18,20-47H2,1-2H3,(H,52,55)/b13-11-,19-17-. The molecular weight excluding hydrogens is 707 g/mol. The van der Waals surface area contributed by atoms with Gasteiger partial charge in [-0.2, -0.15) is 0 Å². The molecule has 0 bridgehead atoms. The maximum atomic E-state index is 12.4. The van der Waals surface area contributed by atoms with Gasteiger partial charge in [0, 0.05) is 12.8 Å². The third kappa shape index (κ3) is 43.7. The number of aliphatic hydroxyl groups is 2. The largest absolute Gasteiger partial charge is 0.466 e. The number of rotatable bonds is 46. The molecule has 2 unspecified atom stereocenters. The van der Waals surface area contributed by atoms with E-state index in [1.54, 1.807) is 0 Å². The molecule has 0 aliphatic heterocycles. The molecule has 0 aromatic rings. The summed E-state index contributed by atoms with van der Waals surface area (Å²) in [6.45, 7) is 4.86. The van der Waals surface area contributed by atoms with Gasteiger partial charge in [0.15, 0.2) is 0 Å². The Bertz CT molecular complexity index is 889. The molecule has 0 aliphatic rings. The van der Waals surface area contributed by atoms with Gasteiger partial charge in [-0.25, -0.2) is 0 Å². The lowest BCUT2D eigenvalue weighted by Crippen LogP contribution is -2.45. The molecule has 1 amide bonds. The van der Waals surface area contributed by atoms with Gasteiger partial charge in [0.25, 0.3) is 0 Å². The summed E-state index contributed by atoms with van der Waals surface area (Å²) in [5.74, 6) is -0.0960. The Morgan fingerprint density at radius 2 is 0.877 bits per heavy atom. The fourth-order valence-corrected chi connectivity index (χ4v) is 7.61. The maximum Gasteiger partial charge on any atom is 0.305 e. The highest BCUT2D eigenvalue weighted by Crippen LogP contribution is 2.16. The zero-order valence-corrected chi connectivity index (χ0v) is 38.1. The number of hydrogen-bond acceptors (Lipinski definition) is 5. The number of carbonyl (C=O) groups is 2. The molecule has 2 atom stereocenters. The summed E-state index contributed by atoms with van der Waals surface area (Å²) < 4.78 is 5.45. The van der Waals surface area contributed by atoms with Crippen molar-refractivity contribution in [2.24, 2.45) is 0 Å². The van der Waals surface area contributed by atoms with Crippen LogP contribution in [-0.2, 0) is 14.3 Å². The monoisotopic (exact) mass is 804 g/mol. The number of allylic oxidation sites excluding steroid dienone is 4. The Morgan fingerprint density at radius 3 is 1.37 bits per heavy atom. The summed E-state index contributed by atoms with van der Waals surface area (Å²) in [6, 6.07) is -0.561. The molecule has 0 aromatic heterocycles. The van der Waals surface area contributed by atoms with Crippen molar-refractivity contribution in [3.63, 3.8) is 0 Å². The van der Waals surface area contributed by atoms with Gasteiger partial charge >= 0.3 is 5.97 Å².